The van der Waals surface area contributed by atoms with Crippen LogP contribution < -0.4 is 4.89 Å². The smallest absolute Gasteiger partial charge is 0.306 e. The van der Waals surface area contributed by atoms with Crippen LogP contribution in [-0.2, 0) is 32.7 Å². The molecule has 264 valence electrons. The van der Waals surface area contributed by atoms with Gasteiger partial charge in [-0.3, -0.25) is 14.2 Å². The van der Waals surface area contributed by atoms with Gasteiger partial charge in [-0.2, -0.15) is 0 Å². The summed E-state index contributed by atoms with van der Waals surface area (Å²) in [4.78, 5) is 37.1. The molecule has 0 rings (SSSR count). The van der Waals surface area contributed by atoms with Crippen LogP contribution in [-0.4, -0.2) is 70.0 Å². The fourth-order valence-electron chi connectivity index (χ4n) is 4.34. The maximum atomic E-state index is 12.5. The van der Waals surface area contributed by atoms with Gasteiger partial charge in [0.25, 0.3) is 7.82 Å². The van der Waals surface area contributed by atoms with E-state index in [9.17, 15) is 19.0 Å². The van der Waals surface area contributed by atoms with Crippen molar-refractivity contribution >= 4 is 19.8 Å². The van der Waals surface area contributed by atoms with Gasteiger partial charge in [0.15, 0.2) is 6.10 Å². The Morgan fingerprint density at radius 2 is 1.18 bits per heavy atom. The Morgan fingerprint density at radius 3 is 1.73 bits per heavy atom. The maximum Gasteiger partial charge on any atom is 0.306 e. The van der Waals surface area contributed by atoms with E-state index in [1.54, 1.807) is 0 Å². The number of likely N-dealkylation sites (N-methyl/N-ethyl adjacent to an activating group) is 1. The van der Waals surface area contributed by atoms with E-state index >= 15 is 0 Å². The number of hydrogen-bond acceptors (Lipinski definition) is 8. The molecule has 0 spiro atoms. The third kappa shape index (κ3) is 32.2. The molecule has 0 aliphatic rings. The van der Waals surface area contributed by atoms with Crippen LogP contribution in [0.4, 0.5) is 0 Å². The van der Waals surface area contributed by atoms with Crippen molar-refractivity contribution in [3.8, 4) is 0 Å². The summed E-state index contributed by atoms with van der Waals surface area (Å²) in [5, 5.41) is 0. The van der Waals surface area contributed by atoms with Crippen LogP contribution in [0.15, 0.2) is 24.3 Å². The number of rotatable bonds is 31. The molecule has 0 saturated heterocycles. The number of quaternary nitrogens is 1. The van der Waals surface area contributed by atoms with Crippen molar-refractivity contribution in [2.45, 2.75) is 142 Å². The van der Waals surface area contributed by atoms with Crippen molar-refractivity contribution in [1.29, 1.82) is 0 Å². The molecule has 0 N–H and O–H groups in total. The third-order valence-electron chi connectivity index (χ3n) is 7.17. The average molecular weight is 660 g/mol. The molecule has 0 aromatic carbocycles. The highest BCUT2D eigenvalue weighted by Gasteiger charge is 2.21. The van der Waals surface area contributed by atoms with Gasteiger partial charge in [0.2, 0.25) is 0 Å². The van der Waals surface area contributed by atoms with E-state index in [0.29, 0.717) is 17.4 Å². The molecule has 0 aromatic rings. The predicted octanol–water partition coefficient (Wildman–Crippen LogP) is 8.21. The fourth-order valence-corrected chi connectivity index (χ4v) is 5.07. The van der Waals surface area contributed by atoms with E-state index in [-0.39, 0.29) is 26.1 Å². The van der Waals surface area contributed by atoms with Gasteiger partial charge in [-0.25, -0.2) is 0 Å². The van der Waals surface area contributed by atoms with Crippen LogP contribution in [0, 0.1) is 0 Å². The SMILES string of the molecule is CCC/C=C\CCCCCCCC(=O)OCC(COP(=O)([O-])OCC[N+](C)(C)C)OC(=O)CCCCCCC/C=C\CCCC. The first-order valence-corrected chi connectivity index (χ1v) is 19.0. The highest BCUT2D eigenvalue weighted by molar-refractivity contribution is 7.45. The number of phosphoric ester groups is 1. The second-order valence-electron chi connectivity index (χ2n) is 12.9. The first kappa shape index (κ1) is 43.5. The lowest BCUT2D eigenvalue weighted by Crippen LogP contribution is -2.37. The number of ether oxygens (including phenoxy) is 2. The van der Waals surface area contributed by atoms with Gasteiger partial charge in [-0.15, -0.1) is 0 Å². The van der Waals surface area contributed by atoms with Crippen molar-refractivity contribution in [3.05, 3.63) is 24.3 Å². The van der Waals surface area contributed by atoms with Crippen LogP contribution in [0.5, 0.6) is 0 Å². The lowest BCUT2D eigenvalue weighted by atomic mass is 10.1. The monoisotopic (exact) mass is 659 g/mol. The molecule has 0 bridgehead atoms. The van der Waals surface area contributed by atoms with Crippen molar-refractivity contribution in [1.82, 2.24) is 0 Å². The van der Waals surface area contributed by atoms with Gasteiger partial charge in [-0.1, -0.05) is 95.9 Å². The van der Waals surface area contributed by atoms with Crippen LogP contribution in [0.1, 0.15) is 136 Å². The van der Waals surface area contributed by atoms with Crippen molar-refractivity contribution in [2.24, 2.45) is 0 Å². The highest BCUT2D eigenvalue weighted by atomic mass is 31.2. The number of hydrogen-bond donors (Lipinski definition) is 0. The topological polar surface area (TPSA) is 111 Å². The number of allylic oxidation sites excluding steroid dienone is 4. The zero-order chi connectivity index (χ0) is 33.7. The zero-order valence-corrected chi connectivity index (χ0v) is 30.2. The van der Waals surface area contributed by atoms with E-state index < -0.39 is 32.5 Å². The molecule has 0 saturated carbocycles. The fraction of sp³-hybridized carbons (Fsp3) is 0.829. The molecule has 0 heterocycles. The summed E-state index contributed by atoms with van der Waals surface area (Å²) in [5.74, 6) is -0.863. The normalized spacial score (nSPS) is 14.2. The van der Waals surface area contributed by atoms with Gasteiger partial charge in [0.1, 0.15) is 19.8 Å². The van der Waals surface area contributed by atoms with E-state index in [2.05, 4.69) is 38.2 Å². The first-order chi connectivity index (χ1) is 21.5. The minimum absolute atomic E-state index is 0.0333. The largest absolute Gasteiger partial charge is 0.756 e. The van der Waals surface area contributed by atoms with Crippen molar-refractivity contribution in [3.63, 3.8) is 0 Å². The lowest BCUT2D eigenvalue weighted by molar-refractivity contribution is -0.870. The summed E-state index contributed by atoms with van der Waals surface area (Å²) in [5.41, 5.74) is 0. The number of nitrogens with zero attached hydrogens (tertiary/aromatic N) is 1. The molecule has 0 fully saturated rings. The molecule has 0 radical (unpaired) electrons. The Morgan fingerprint density at radius 1 is 0.667 bits per heavy atom. The molecular formula is C35H66NO8P. The number of carbonyl (C=O) groups excluding carboxylic acids is 2. The van der Waals surface area contributed by atoms with Gasteiger partial charge < -0.3 is 27.9 Å². The first-order valence-electron chi connectivity index (χ1n) is 17.5. The highest BCUT2D eigenvalue weighted by Crippen LogP contribution is 2.38. The quantitative estimate of drug-likeness (QED) is 0.0241. The second kappa shape index (κ2) is 28.7. The Balaban J connectivity index is 4.52. The molecule has 2 unspecified atom stereocenters. The second-order valence-corrected chi connectivity index (χ2v) is 14.3. The van der Waals surface area contributed by atoms with Crippen LogP contribution in [0.25, 0.3) is 0 Å². The maximum absolute atomic E-state index is 12.5. The van der Waals surface area contributed by atoms with Crippen molar-refractivity contribution in [2.75, 3.05) is 47.5 Å². The van der Waals surface area contributed by atoms with Crippen LogP contribution in [0.3, 0.4) is 0 Å². The van der Waals surface area contributed by atoms with Crippen LogP contribution >= 0.6 is 7.82 Å². The third-order valence-corrected chi connectivity index (χ3v) is 8.14. The van der Waals surface area contributed by atoms with E-state index in [1.165, 1.54) is 19.3 Å². The predicted molar refractivity (Wildman–Crippen MR) is 181 cm³/mol. The molecule has 0 amide bonds. The van der Waals surface area contributed by atoms with Crippen molar-refractivity contribution < 1.29 is 42.1 Å². The molecule has 9 nitrogen and oxygen atoms in total. The number of unbranched alkanes of at least 4 members (excludes halogenated alkanes) is 13. The Kier molecular flexibility index (Phi) is 27.7. The Labute approximate surface area is 275 Å². The average Bonchev–Trinajstić information content (AvgIpc) is 2.97. The minimum Gasteiger partial charge on any atom is -0.756 e. The van der Waals surface area contributed by atoms with E-state index in [0.717, 1.165) is 83.5 Å². The molecule has 10 heteroatoms. The molecule has 0 aliphatic heterocycles. The minimum atomic E-state index is -4.61. The number of esters is 2. The standard InChI is InChI=1S/C35H66NO8P/c1-6-8-10-12-14-16-18-20-22-24-26-28-35(38)44-33(32-43-45(39,40)42-30-29-36(3,4)5)31-41-34(37)27-25-23-21-19-17-15-13-11-9-7-2/h11-14,33H,6-10,15-32H2,1-5H3/b13-11-,14-12-. The lowest BCUT2D eigenvalue weighted by Gasteiger charge is -2.28. The number of phosphoric acid groups is 1. The summed E-state index contributed by atoms with van der Waals surface area (Å²) in [7, 11) is 1.15. The van der Waals surface area contributed by atoms with Crippen LogP contribution in [0.2, 0.25) is 0 Å². The van der Waals surface area contributed by atoms with E-state index in [4.69, 9.17) is 18.5 Å². The van der Waals surface area contributed by atoms with Gasteiger partial charge in [0.05, 0.1) is 27.7 Å². The zero-order valence-electron chi connectivity index (χ0n) is 29.3. The Hall–Kier alpha value is -1.51. The molecule has 0 aliphatic carbocycles. The molecular weight excluding hydrogens is 593 g/mol. The molecule has 2 atom stereocenters. The summed E-state index contributed by atoms with van der Waals surface area (Å²) in [6.45, 7) is 4.07. The molecule has 45 heavy (non-hydrogen) atoms. The summed E-state index contributed by atoms with van der Waals surface area (Å²) < 4.78 is 33.6. The van der Waals surface area contributed by atoms with Gasteiger partial charge >= 0.3 is 11.9 Å². The van der Waals surface area contributed by atoms with Gasteiger partial charge in [0, 0.05) is 12.8 Å². The summed E-state index contributed by atoms with van der Waals surface area (Å²) in [6, 6.07) is 0. The Bertz CT molecular complexity index is 840. The molecule has 0 aromatic heterocycles. The number of carbonyl (C=O) groups is 2. The summed E-state index contributed by atoms with van der Waals surface area (Å²) >= 11 is 0. The van der Waals surface area contributed by atoms with Gasteiger partial charge in [-0.05, 0) is 51.4 Å². The summed E-state index contributed by atoms with van der Waals surface area (Å²) in [6.07, 6.45) is 26.4. The van der Waals surface area contributed by atoms with E-state index in [1.807, 2.05) is 21.1 Å².